The molecular formula is C16H13Cl3N3-. The van der Waals surface area contributed by atoms with Gasteiger partial charge in [0.05, 0.1) is 34.5 Å². The lowest BCUT2D eigenvalue weighted by molar-refractivity contribution is -0.00000390. The van der Waals surface area contributed by atoms with E-state index in [-0.39, 0.29) is 12.4 Å². The molecule has 6 heteroatoms. The minimum atomic E-state index is 0. The molecule has 4 rings (SSSR count). The number of para-hydroxylation sites is 2. The van der Waals surface area contributed by atoms with Crippen molar-refractivity contribution < 1.29 is 12.4 Å². The lowest BCUT2D eigenvalue weighted by Gasteiger charge is -2.19. The fourth-order valence-corrected chi connectivity index (χ4v) is 3.22. The number of hydrogen-bond acceptors (Lipinski definition) is 3. The molecule has 2 aromatic rings. The molecule has 0 aliphatic carbocycles. The number of guanidine groups is 1. The first-order chi connectivity index (χ1) is 10.2. The van der Waals surface area contributed by atoms with Crippen molar-refractivity contribution in [1.82, 2.24) is 0 Å². The maximum atomic E-state index is 6.12. The first kappa shape index (κ1) is 15.5. The highest BCUT2D eigenvalue weighted by atomic mass is 35.5. The van der Waals surface area contributed by atoms with E-state index < -0.39 is 0 Å². The van der Waals surface area contributed by atoms with E-state index >= 15 is 0 Å². The average Bonchev–Trinajstić information content (AvgIpc) is 3.06. The molecule has 0 aromatic heterocycles. The van der Waals surface area contributed by atoms with Crippen LogP contribution in [0.4, 0.5) is 11.4 Å². The monoisotopic (exact) mass is 352 g/mol. The predicted molar refractivity (Wildman–Crippen MR) is 88.7 cm³/mol. The number of anilines is 2. The molecule has 0 atom stereocenters. The van der Waals surface area contributed by atoms with E-state index in [0.29, 0.717) is 10.0 Å². The van der Waals surface area contributed by atoms with Gasteiger partial charge < -0.3 is 22.2 Å². The highest BCUT2D eigenvalue weighted by Gasteiger charge is 2.34. The van der Waals surface area contributed by atoms with Crippen LogP contribution in [-0.4, -0.2) is 19.0 Å². The summed E-state index contributed by atoms with van der Waals surface area (Å²) in [6.45, 7) is 2.54. The SMILES string of the molecule is Clc1ccc(CN2C3=NCCN3c3ccccc32)cc1Cl.[Cl-]. The van der Waals surface area contributed by atoms with Crippen molar-refractivity contribution in [2.45, 2.75) is 6.54 Å². The summed E-state index contributed by atoms with van der Waals surface area (Å²) in [4.78, 5) is 9.15. The third-order valence-electron chi connectivity index (χ3n) is 3.85. The maximum absolute atomic E-state index is 6.12. The number of fused-ring (bicyclic) bond motifs is 3. The zero-order valence-electron chi connectivity index (χ0n) is 11.6. The van der Waals surface area contributed by atoms with Crippen LogP contribution in [0.3, 0.4) is 0 Å². The Balaban J connectivity index is 0.00000144. The number of benzene rings is 2. The lowest BCUT2D eigenvalue weighted by atomic mass is 10.2. The summed E-state index contributed by atoms with van der Waals surface area (Å²) in [6.07, 6.45) is 0. The van der Waals surface area contributed by atoms with Crippen LogP contribution in [-0.2, 0) is 6.54 Å². The van der Waals surface area contributed by atoms with Gasteiger partial charge in [0.2, 0.25) is 5.96 Å². The fraction of sp³-hybridized carbons (Fsp3) is 0.188. The molecule has 114 valence electrons. The van der Waals surface area contributed by atoms with Crippen molar-refractivity contribution >= 4 is 40.5 Å². The molecule has 2 aliphatic heterocycles. The highest BCUT2D eigenvalue weighted by Crippen LogP contribution is 2.39. The molecule has 0 fully saturated rings. The Morgan fingerprint density at radius 1 is 1.00 bits per heavy atom. The number of hydrogen-bond donors (Lipinski definition) is 0. The molecule has 0 spiro atoms. The van der Waals surface area contributed by atoms with Crippen LogP contribution in [0.2, 0.25) is 10.0 Å². The van der Waals surface area contributed by atoms with E-state index in [1.54, 1.807) is 0 Å². The van der Waals surface area contributed by atoms with Crippen molar-refractivity contribution in [3.8, 4) is 0 Å². The van der Waals surface area contributed by atoms with Crippen LogP contribution in [0, 0.1) is 0 Å². The first-order valence-electron chi connectivity index (χ1n) is 6.86. The van der Waals surface area contributed by atoms with Crippen LogP contribution >= 0.6 is 23.2 Å². The average molecular weight is 354 g/mol. The largest absolute Gasteiger partial charge is 1.00 e. The Morgan fingerprint density at radius 2 is 1.77 bits per heavy atom. The Morgan fingerprint density at radius 3 is 2.55 bits per heavy atom. The summed E-state index contributed by atoms with van der Waals surface area (Å²) >= 11 is 12.1. The second-order valence-corrected chi connectivity index (χ2v) is 5.97. The minimum absolute atomic E-state index is 0. The minimum Gasteiger partial charge on any atom is -1.00 e. The number of aliphatic imine (C=N–C) groups is 1. The maximum Gasteiger partial charge on any atom is 0.206 e. The highest BCUT2D eigenvalue weighted by molar-refractivity contribution is 6.42. The third-order valence-corrected chi connectivity index (χ3v) is 4.59. The van der Waals surface area contributed by atoms with Crippen LogP contribution < -0.4 is 22.2 Å². The smallest absolute Gasteiger partial charge is 0.206 e. The van der Waals surface area contributed by atoms with Crippen molar-refractivity contribution in [3.05, 3.63) is 58.1 Å². The van der Waals surface area contributed by atoms with Crippen LogP contribution in [0.5, 0.6) is 0 Å². The molecule has 0 unspecified atom stereocenters. The van der Waals surface area contributed by atoms with E-state index in [4.69, 9.17) is 23.2 Å². The standard InChI is InChI=1S/C16H13Cl2N3.ClH/c17-12-6-5-11(9-13(12)18)10-21-15-4-2-1-3-14(15)20-8-7-19-16(20)21;/h1-6,9H,7-8,10H2;1H/p-1. The van der Waals surface area contributed by atoms with E-state index in [9.17, 15) is 0 Å². The zero-order valence-corrected chi connectivity index (χ0v) is 13.9. The molecule has 2 heterocycles. The van der Waals surface area contributed by atoms with Gasteiger partial charge in [0, 0.05) is 6.54 Å². The molecule has 0 radical (unpaired) electrons. The molecule has 2 aliphatic rings. The third kappa shape index (κ3) is 2.43. The van der Waals surface area contributed by atoms with Crippen LogP contribution in [0.25, 0.3) is 0 Å². The summed E-state index contributed by atoms with van der Waals surface area (Å²) in [5, 5.41) is 1.17. The van der Waals surface area contributed by atoms with Crippen molar-refractivity contribution in [2.75, 3.05) is 22.9 Å². The lowest BCUT2D eigenvalue weighted by Crippen LogP contribution is -3.00. The van der Waals surface area contributed by atoms with Gasteiger partial charge in [-0.05, 0) is 29.8 Å². The van der Waals surface area contributed by atoms with Crippen molar-refractivity contribution in [1.29, 1.82) is 0 Å². The van der Waals surface area contributed by atoms with Gasteiger partial charge in [-0.15, -0.1) is 0 Å². The van der Waals surface area contributed by atoms with Gasteiger partial charge in [0.1, 0.15) is 0 Å². The summed E-state index contributed by atoms with van der Waals surface area (Å²) in [7, 11) is 0. The number of nitrogens with zero attached hydrogens (tertiary/aromatic N) is 3. The molecule has 0 bridgehead atoms. The quantitative estimate of drug-likeness (QED) is 0.808. The fourth-order valence-electron chi connectivity index (χ4n) is 2.90. The van der Waals surface area contributed by atoms with Crippen LogP contribution in [0.1, 0.15) is 5.56 Å². The van der Waals surface area contributed by atoms with Gasteiger partial charge in [0.15, 0.2) is 0 Å². The second-order valence-electron chi connectivity index (χ2n) is 5.16. The summed E-state index contributed by atoms with van der Waals surface area (Å²) in [6, 6.07) is 14.2. The molecular weight excluding hydrogens is 341 g/mol. The van der Waals surface area contributed by atoms with Gasteiger partial charge in [0.25, 0.3) is 0 Å². The summed E-state index contributed by atoms with van der Waals surface area (Å²) < 4.78 is 0. The number of rotatable bonds is 2. The van der Waals surface area contributed by atoms with E-state index in [1.807, 2.05) is 18.2 Å². The molecule has 0 amide bonds. The Bertz CT molecular complexity index is 745. The van der Waals surface area contributed by atoms with Crippen LogP contribution in [0.15, 0.2) is 47.5 Å². The van der Waals surface area contributed by atoms with Gasteiger partial charge in [-0.25, -0.2) is 0 Å². The molecule has 0 saturated carbocycles. The normalized spacial score (nSPS) is 15.3. The topological polar surface area (TPSA) is 18.8 Å². The second kappa shape index (κ2) is 5.99. The molecule has 2 aromatic carbocycles. The summed E-state index contributed by atoms with van der Waals surface area (Å²) in [5.74, 6) is 1.03. The molecule has 0 saturated heterocycles. The van der Waals surface area contributed by atoms with Crippen molar-refractivity contribution in [3.63, 3.8) is 0 Å². The molecule has 0 N–H and O–H groups in total. The van der Waals surface area contributed by atoms with E-state index in [1.165, 1.54) is 11.4 Å². The van der Waals surface area contributed by atoms with Gasteiger partial charge in [-0.2, -0.15) is 0 Å². The first-order valence-corrected chi connectivity index (χ1v) is 7.62. The van der Waals surface area contributed by atoms with E-state index in [2.05, 4.69) is 39.1 Å². The Kier molecular flexibility index (Phi) is 4.22. The molecule has 3 nitrogen and oxygen atoms in total. The predicted octanol–water partition coefficient (Wildman–Crippen LogP) is 1.19. The van der Waals surface area contributed by atoms with Crippen molar-refractivity contribution in [2.24, 2.45) is 4.99 Å². The van der Waals surface area contributed by atoms with E-state index in [0.717, 1.165) is 31.2 Å². The Hall–Kier alpha value is -1.42. The van der Waals surface area contributed by atoms with Gasteiger partial charge in [-0.1, -0.05) is 41.4 Å². The molecule has 22 heavy (non-hydrogen) atoms. The zero-order chi connectivity index (χ0) is 14.4. The Labute approximate surface area is 145 Å². The van der Waals surface area contributed by atoms with Gasteiger partial charge in [-0.3, -0.25) is 4.99 Å². The number of halogens is 3. The summed E-state index contributed by atoms with van der Waals surface area (Å²) in [5.41, 5.74) is 3.55. The van der Waals surface area contributed by atoms with Gasteiger partial charge >= 0.3 is 0 Å².